The highest BCUT2D eigenvalue weighted by Gasteiger charge is 1.98. The lowest BCUT2D eigenvalue weighted by Crippen LogP contribution is -1.97. The van der Waals surface area contributed by atoms with E-state index in [1.54, 1.807) is 6.21 Å². The van der Waals surface area contributed by atoms with Gasteiger partial charge in [-0.25, -0.2) is 4.99 Å². The lowest BCUT2D eigenvalue weighted by atomic mass is 10.0. The number of rotatable bonds is 7. The van der Waals surface area contributed by atoms with E-state index >= 15 is 0 Å². The number of allylic oxidation sites excluding steroid dienone is 2. The van der Waals surface area contributed by atoms with Crippen molar-refractivity contribution in [2.45, 2.75) is 13.3 Å². The van der Waals surface area contributed by atoms with Crippen LogP contribution < -0.4 is 0 Å². The van der Waals surface area contributed by atoms with E-state index in [4.69, 9.17) is 10.00 Å². The highest BCUT2D eigenvalue weighted by Crippen LogP contribution is 2.12. The number of hydrogen-bond donors (Lipinski definition) is 0. The molecule has 0 heterocycles. The maximum absolute atomic E-state index is 8.55. The summed E-state index contributed by atoms with van der Waals surface area (Å²) in [4.78, 5) is 3.90. The topological polar surface area (TPSA) is 45.4 Å². The molecule has 0 aliphatic rings. The van der Waals surface area contributed by atoms with E-state index in [0.29, 0.717) is 0 Å². The Morgan fingerprint density at radius 2 is 2.05 bits per heavy atom. The first-order chi connectivity index (χ1) is 9.17. The number of benzene rings is 1. The lowest BCUT2D eigenvalue weighted by molar-refractivity contribution is 0.151. The Labute approximate surface area is 114 Å². The molecular formula is C16H18N2O. The largest absolute Gasteiger partial charge is 0.381 e. The van der Waals surface area contributed by atoms with Gasteiger partial charge in [0, 0.05) is 12.8 Å². The molecule has 0 aliphatic heterocycles. The number of ether oxygens (including phenoxy) is 1. The molecule has 19 heavy (non-hydrogen) atoms. The van der Waals surface area contributed by atoms with Crippen LogP contribution >= 0.6 is 0 Å². The first kappa shape index (κ1) is 14.9. The van der Waals surface area contributed by atoms with Gasteiger partial charge in [0.05, 0.1) is 6.61 Å². The summed E-state index contributed by atoms with van der Waals surface area (Å²) in [7, 11) is 0. The van der Waals surface area contributed by atoms with Crippen molar-refractivity contribution in [2.75, 3.05) is 13.2 Å². The molecule has 0 spiro atoms. The van der Waals surface area contributed by atoms with Gasteiger partial charge in [0.15, 0.2) is 0 Å². The van der Waals surface area contributed by atoms with E-state index in [0.717, 1.165) is 30.8 Å². The molecule has 0 unspecified atom stereocenters. The standard InChI is InChI=1S/C16H18N2O/c1-4-19-10-9-15-5-7-16(8-6-15)13(2)12-18-14(3)11-17/h5-8,12H,2-4,9-10H2,1H3. The summed E-state index contributed by atoms with van der Waals surface area (Å²) in [5.41, 5.74) is 3.14. The molecule has 3 nitrogen and oxygen atoms in total. The maximum Gasteiger partial charge on any atom is 0.133 e. The number of aliphatic imine (C=N–C) groups is 1. The van der Waals surface area contributed by atoms with Gasteiger partial charge < -0.3 is 4.74 Å². The normalized spacial score (nSPS) is 10.3. The van der Waals surface area contributed by atoms with E-state index in [-0.39, 0.29) is 5.70 Å². The van der Waals surface area contributed by atoms with Crippen molar-refractivity contribution in [3.05, 3.63) is 54.2 Å². The summed E-state index contributed by atoms with van der Waals surface area (Å²) in [6, 6.07) is 9.94. The fourth-order valence-electron chi connectivity index (χ4n) is 1.48. The molecule has 0 radical (unpaired) electrons. The summed E-state index contributed by atoms with van der Waals surface area (Å²) in [5.74, 6) is 0. The summed E-state index contributed by atoms with van der Waals surface area (Å²) in [5, 5.41) is 8.55. The molecule has 1 rings (SSSR count). The average Bonchev–Trinajstić information content (AvgIpc) is 2.45. The van der Waals surface area contributed by atoms with E-state index in [1.165, 1.54) is 5.56 Å². The third-order valence-corrected chi connectivity index (χ3v) is 2.57. The van der Waals surface area contributed by atoms with Crippen molar-refractivity contribution >= 4 is 11.8 Å². The van der Waals surface area contributed by atoms with Gasteiger partial charge in [-0.15, -0.1) is 0 Å². The average molecular weight is 254 g/mol. The molecule has 0 fully saturated rings. The Balaban J connectivity index is 2.61. The minimum atomic E-state index is 0.175. The van der Waals surface area contributed by atoms with Gasteiger partial charge in [0.1, 0.15) is 11.8 Å². The Morgan fingerprint density at radius 1 is 1.37 bits per heavy atom. The molecule has 0 aromatic heterocycles. The van der Waals surface area contributed by atoms with Crippen molar-refractivity contribution in [1.29, 1.82) is 5.26 Å². The highest BCUT2D eigenvalue weighted by molar-refractivity contribution is 6.09. The van der Waals surface area contributed by atoms with Crippen molar-refractivity contribution in [1.82, 2.24) is 0 Å². The first-order valence-electron chi connectivity index (χ1n) is 6.16. The lowest BCUT2D eigenvalue weighted by Gasteiger charge is -2.04. The molecule has 0 amide bonds. The highest BCUT2D eigenvalue weighted by atomic mass is 16.5. The van der Waals surface area contributed by atoms with Crippen LogP contribution in [0.3, 0.4) is 0 Å². The second-order valence-electron chi connectivity index (χ2n) is 3.99. The molecule has 0 saturated heterocycles. The fraction of sp³-hybridized carbons (Fsp3) is 0.250. The van der Waals surface area contributed by atoms with Crippen molar-refractivity contribution in [3.8, 4) is 6.07 Å². The molecule has 0 aliphatic carbocycles. The monoisotopic (exact) mass is 254 g/mol. The van der Waals surface area contributed by atoms with Gasteiger partial charge >= 0.3 is 0 Å². The molecule has 0 bridgehead atoms. The van der Waals surface area contributed by atoms with Gasteiger partial charge in [0.2, 0.25) is 0 Å². The maximum atomic E-state index is 8.55. The summed E-state index contributed by atoms with van der Waals surface area (Å²) in [6.45, 7) is 10.9. The third-order valence-electron chi connectivity index (χ3n) is 2.57. The zero-order chi connectivity index (χ0) is 14.1. The summed E-state index contributed by atoms with van der Waals surface area (Å²) >= 11 is 0. The van der Waals surface area contributed by atoms with E-state index in [1.807, 2.05) is 37.3 Å². The number of nitriles is 1. The zero-order valence-corrected chi connectivity index (χ0v) is 11.2. The van der Waals surface area contributed by atoms with Crippen LogP contribution in [0, 0.1) is 11.3 Å². The van der Waals surface area contributed by atoms with E-state index in [9.17, 15) is 0 Å². The van der Waals surface area contributed by atoms with Gasteiger partial charge in [-0.05, 0) is 30.0 Å². The van der Waals surface area contributed by atoms with E-state index < -0.39 is 0 Å². The minimum absolute atomic E-state index is 0.175. The van der Waals surface area contributed by atoms with Crippen LogP contribution in [-0.4, -0.2) is 19.4 Å². The SMILES string of the molecule is C=C(C#N)N=CC(=C)c1ccc(CCOCC)cc1. The summed E-state index contributed by atoms with van der Waals surface area (Å²) in [6.07, 6.45) is 2.46. The third kappa shape index (κ3) is 5.33. The van der Waals surface area contributed by atoms with Gasteiger partial charge in [-0.1, -0.05) is 37.4 Å². The second kappa shape index (κ2) is 8.02. The molecule has 1 aromatic carbocycles. The van der Waals surface area contributed by atoms with Crippen LogP contribution in [-0.2, 0) is 11.2 Å². The second-order valence-corrected chi connectivity index (χ2v) is 3.99. The quantitative estimate of drug-likeness (QED) is 0.425. The van der Waals surface area contributed by atoms with Crippen LogP contribution in [0.5, 0.6) is 0 Å². The molecule has 0 atom stereocenters. The van der Waals surface area contributed by atoms with Crippen LogP contribution in [0.4, 0.5) is 0 Å². The molecule has 1 aromatic rings. The van der Waals surface area contributed by atoms with Crippen LogP contribution in [0.15, 0.2) is 48.1 Å². The predicted octanol–water partition coefficient (Wildman–Crippen LogP) is 3.39. The van der Waals surface area contributed by atoms with Crippen molar-refractivity contribution in [3.63, 3.8) is 0 Å². The Kier molecular flexibility index (Phi) is 6.28. The fourth-order valence-corrected chi connectivity index (χ4v) is 1.48. The molecular weight excluding hydrogens is 236 g/mol. The molecule has 98 valence electrons. The van der Waals surface area contributed by atoms with Crippen LogP contribution in [0.2, 0.25) is 0 Å². The van der Waals surface area contributed by atoms with Crippen LogP contribution in [0.1, 0.15) is 18.1 Å². The Morgan fingerprint density at radius 3 is 2.63 bits per heavy atom. The number of nitrogens with zero attached hydrogens (tertiary/aromatic N) is 2. The number of hydrogen-bond acceptors (Lipinski definition) is 3. The van der Waals surface area contributed by atoms with Crippen molar-refractivity contribution < 1.29 is 4.74 Å². The van der Waals surface area contributed by atoms with Gasteiger partial charge in [-0.3, -0.25) is 0 Å². The zero-order valence-electron chi connectivity index (χ0n) is 11.2. The minimum Gasteiger partial charge on any atom is -0.381 e. The Hall–Kier alpha value is -2.18. The predicted molar refractivity (Wildman–Crippen MR) is 78.9 cm³/mol. The molecule has 0 saturated carbocycles. The van der Waals surface area contributed by atoms with Gasteiger partial charge in [-0.2, -0.15) is 5.26 Å². The van der Waals surface area contributed by atoms with Crippen molar-refractivity contribution in [2.24, 2.45) is 4.99 Å². The summed E-state index contributed by atoms with van der Waals surface area (Å²) < 4.78 is 5.31. The van der Waals surface area contributed by atoms with E-state index in [2.05, 4.69) is 18.2 Å². The molecule has 3 heteroatoms. The first-order valence-corrected chi connectivity index (χ1v) is 6.16. The molecule has 0 N–H and O–H groups in total. The Bertz CT molecular complexity index is 507. The smallest absolute Gasteiger partial charge is 0.133 e. The van der Waals surface area contributed by atoms with Crippen LogP contribution in [0.25, 0.3) is 5.57 Å². The van der Waals surface area contributed by atoms with Gasteiger partial charge in [0.25, 0.3) is 0 Å².